The highest BCUT2D eigenvalue weighted by Gasteiger charge is 2.19. The molecule has 1 N–H and O–H groups in total. The number of rotatable bonds is 9. The molecule has 0 saturated heterocycles. The smallest absolute Gasteiger partial charge is 0.223 e. The summed E-state index contributed by atoms with van der Waals surface area (Å²) >= 11 is 0. The molecule has 2 amide bonds. The quantitative estimate of drug-likeness (QED) is 0.709. The van der Waals surface area contributed by atoms with E-state index < -0.39 is 0 Å². The number of hydrogen-bond acceptors (Lipinski definition) is 6. The minimum absolute atomic E-state index is 0.149. The number of methoxy groups -OCH3 is 3. The maximum atomic E-state index is 12.2. The van der Waals surface area contributed by atoms with Gasteiger partial charge in [0.2, 0.25) is 17.6 Å². The van der Waals surface area contributed by atoms with E-state index in [2.05, 4.69) is 10.3 Å². The number of benzene rings is 1. The largest absolute Gasteiger partial charge is 0.493 e. The van der Waals surface area contributed by atoms with Crippen LogP contribution in [0.2, 0.25) is 0 Å². The molecule has 8 heteroatoms. The molecular weight excluding hydrogens is 362 g/mol. The van der Waals surface area contributed by atoms with Crippen molar-refractivity contribution in [1.29, 1.82) is 0 Å². The predicted molar refractivity (Wildman–Crippen MR) is 105 cm³/mol. The van der Waals surface area contributed by atoms with Crippen molar-refractivity contribution in [3.8, 4) is 17.2 Å². The van der Waals surface area contributed by atoms with Crippen molar-refractivity contribution in [2.75, 3.05) is 32.8 Å². The van der Waals surface area contributed by atoms with Crippen molar-refractivity contribution in [3.63, 3.8) is 0 Å². The van der Waals surface area contributed by atoms with Gasteiger partial charge in [-0.05, 0) is 11.6 Å². The molecule has 150 valence electrons. The van der Waals surface area contributed by atoms with Gasteiger partial charge in [-0.15, -0.1) is 0 Å². The van der Waals surface area contributed by atoms with Crippen molar-refractivity contribution in [2.45, 2.75) is 19.9 Å². The summed E-state index contributed by atoms with van der Waals surface area (Å²) in [5.41, 5.74) is 1.46. The molecule has 0 atom stereocenters. The molecule has 2 rings (SSSR count). The monoisotopic (exact) mass is 387 g/mol. The molecule has 0 bridgehead atoms. The van der Waals surface area contributed by atoms with E-state index in [1.807, 2.05) is 12.1 Å². The van der Waals surface area contributed by atoms with E-state index in [9.17, 15) is 9.59 Å². The Morgan fingerprint density at radius 1 is 1.11 bits per heavy atom. The second kappa shape index (κ2) is 10.1. The van der Waals surface area contributed by atoms with Crippen molar-refractivity contribution < 1.29 is 23.8 Å². The summed E-state index contributed by atoms with van der Waals surface area (Å²) in [6.07, 6.45) is 3.52. The van der Waals surface area contributed by atoms with E-state index in [0.29, 0.717) is 29.5 Å². The van der Waals surface area contributed by atoms with E-state index in [4.69, 9.17) is 14.2 Å². The zero-order chi connectivity index (χ0) is 20.5. The lowest BCUT2D eigenvalue weighted by molar-refractivity contribution is -0.121. The second-order valence-corrected chi connectivity index (χ2v) is 5.94. The van der Waals surface area contributed by atoms with Crippen LogP contribution >= 0.6 is 0 Å². The number of nitrogens with one attached hydrogen (secondary N) is 1. The van der Waals surface area contributed by atoms with Gasteiger partial charge in [-0.1, -0.05) is 6.07 Å². The molecule has 28 heavy (non-hydrogen) atoms. The second-order valence-electron chi connectivity index (χ2n) is 5.94. The maximum Gasteiger partial charge on any atom is 0.223 e. The van der Waals surface area contributed by atoms with Gasteiger partial charge in [-0.3, -0.25) is 14.6 Å². The highest BCUT2D eigenvalue weighted by atomic mass is 16.5. The van der Waals surface area contributed by atoms with E-state index in [1.54, 1.807) is 24.5 Å². The third-order valence-electron chi connectivity index (χ3n) is 4.12. The summed E-state index contributed by atoms with van der Waals surface area (Å²) in [5.74, 6) is 0.941. The molecule has 2 aromatic rings. The first-order chi connectivity index (χ1) is 13.5. The van der Waals surface area contributed by atoms with Gasteiger partial charge in [-0.25, -0.2) is 0 Å². The molecule has 0 radical (unpaired) electrons. The standard InChI is InChI=1S/C20H25N3O5/c1-14(24)23(9-7-19(25)22-13-15-6-5-8-21-12-15)16-10-17(26-2)20(28-4)18(11-16)27-3/h5-6,8,10-12H,7,9,13H2,1-4H3,(H,22,25). The minimum Gasteiger partial charge on any atom is -0.493 e. The van der Waals surface area contributed by atoms with Crippen LogP contribution in [0.15, 0.2) is 36.7 Å². The van der Waals surface area contributed by atoms with Crippen LogP contribution in [0.3, 0.4) is 0 Å². The van der Waals surface area contributed by atoms with Gasteiger partial charge in [0.1, 0.15) is 0 Å². The summed E-state index contributed by atoms with van der Waals surface area (Å²) in [5, 5.41) is 2.82. The number of ether oxygens (including phenoxy) is 3. The third-order valence-corrected chi connectivity index (χ3v) is 4.12. The van der Waals surface area contributed by atoms with E-state index >= 15 is 0 Å². The fraction of sp³-hybridized carbons (Fsp3) is 0.350. The fourth-order valence-electron chi connectivity index (χ4n) is 2.70. The Kier molecular flexibility index (Phi) is 7.62. The van der Waals surface area contributed by atoms with Gasteiger partial charge in [-0.2, -0.15) is 0 Å². The Hall–Kier alpha value is -3.29. The van der Waals surface area contributed by atoms with Gasteiger partial charge < -0.3 is 24.4 Å². The van der Waals surface area contributed by atoms with Crippen molar-refractivity contribution >= 4 is 17.5 Å². The van der Waals surface area contributed by atoms with Crippen molar-refractivity contribution in [1.82, 2.24) is 10.3 Å². The lowest BCUT2D eigenvalue weighted by Gasteiger charge is -2.23. The number of amides is 2. The molecule has 1 aromatic heterocycles. The minimum atomic E-state index is -0.200. The Morgan fingerprint density at radius 3 is 2.29 bits per heavy atom. The first-order valence-electron chi connectivity index (χ1n) is 8.73. The maximum absolute atomic E-state index is 12.2. The van der Waals surface area contributed by atoms with E-state index in [0.717, 1.165) is 5.56 Å². The first kappa shape index (κ1) is 21.0. The van der Waals surface area contributed by atoms with Crippen LogP contribution in [0.25, 0.3) is 0 Å². The van der Waals surface area contributed by atoms with Gasteiger partial charge in [0.05, 0.1) is 27.0 Å². The molecule has 0 aliphatic carbocycles. The lowest BCUT2D eigenvalue weighted by atomic mass is 10.2. The summed E-state index contributed by atoms with van der Waals surface area (Å²) in [6.45, 7) is 2.04. The number of carbonyl (C=O) groups is 2. The number of pyridine rings is 1. The van der Waals surface area contributed by atoms with Crippen molar-refractivity contribution in [2.24, 2.45) is 0 Å². The van der Waals surface area contributed by atoms with E-state index in [1.165, 1.54) is 33.2 Å². The molecule has 0 aliphatic rings. The predicted octanol–water partition coefficient (Wildman–Crippen LogP) is 2.17. The van der Waals surface area contributed by atoms with Gasteiger partial charge in [0.25, 0.3) is 0 Å². The highest BCUT2D eigenvalue weighted by molar-refractivity contribution is 5.93. The molecular formula is C20H25N3O5. The van der Waals surface area contributed by atoms with Crippen LogP contribution in [0, 0.1) is 0 Å². The normalized spacial score (nSPS) is 10.1. The van der Waals surface area contributed by atoms with Crippen molar-refractivity contribution in [3.05, 3.63) is 42.2 Å². The molecule has 0 unspecified atom stereocenters. The van der Waals surface area contributed by atoms with Crippen LogP contribution in [-0.2, 0) is 16.1 Å². The zero-order valence-electron chi connectivity index (χ0n) is 16.5. The average molecular weight is 387 g/mol. The molecule has 0 aliphatic heterocycles. The third kappa shape index (κ3) is 5.35. The number of aromatic nitrogens is 1. The summed E-state index contributed by atoms with van der Waals surface area (Å²) in [4.78, 5) is 29.8. The van der Waals surface area contributed by atoms with Crippen LogP contribution in [0.4, 0.5) is 5.69 Å². The number of anilines is 1. The lowest BCUT2D eigenvalue weighted by Crippen LogP contribution is -2.33. The number of hydrogen-bond donors (Lipinski definition) is 1. The Labute approximate surface area is 164 Å². The van der Waals surface area contributed by atoms with Gasteiger partial charge in [0, 0.05) is 51.0 Å². The van der Waals surface area contributed by atoms with Crippen LogP contribution < -0.4 is 24.4 Å². The SMILES string of the molecule is COc1cc(N(CCC(=O)NCc2cccnc2)C(C)=O)cc(OC)c1OC. The van der Waals surface area contributed by atoms with Gasteiger partial charge >= 0.3 is 0 Å². The molecule has 1 heterocycles. The molecule has 0 saturated carbocycles. The molecule has 0 spiro atoms. The summed E-state index contributed by atoms with van der Waals surface area (Å²) in [6, 6.07) is 7.04. The highest BCUT2D eigenvalue weighted by Crippen LogP contribution is 2.41. The Balaban J connectivity index is 2.09. The summed E-state index contributed by atoms with van der Waals surface area (Å²) in [7, 11) is 4.52. The summed E-state index contributed by atoms with van der Waals surface area (Å²) < 4.78 is 16.0. The zero-order valence-corrected chi connectivity index (χ0v) is 16.5. The molecule has 1 aromatic carbocycles. The first-order valence-corrected chi connectivity index (χ1v) is 8.73. The topological polar surface area (TPSA) is 90.0 Å². The van der Waals surface area contributed by atoms with Gasteiger partial charge in [0.15, 0.2) is 11.5 Å². The number of carbonyl (C=O) groups excluding carboxylic acids is 2. The van der Waals surface area contributed by atoms with Crippen LogP contribution in [0.5, 0.6) is 17.2 Å². The average Bonchev–Trinajstić information content (AvgIpc) is 2.71. The molecule has 0 fully saturated rings. The van der Waals surface area contributed by atoms with E-state index in [-0.39, 0.29) is 24.8 Å². The van der Waals surface area contributed by atoms with Crippen LogP contribution in [-0.4, -0.2) is 44.7 Å². The molecule has 8 nitrogen and oxygen atoms in total. The van der Waals surface area contributed by atoms with Crippen LogP contribution in [0.1, 0.15) is 18.9 Å². The fourth-order valence-corrected chi connectivity index (χ4v) is 2.70. The number of nitrogens with zero attached hydrogens (tertiary/aromatic N) is 2. The Bertz CT molecular complexity index is 786. The Morgan fingerprint density at radius 2 is 1.79 bits per heavy atom.